The molecule has 0 bridgehead atoms. The molecule has 0 fully saturated rings. The fraction of sp³-hybridized carbons (Fsp3) is 0.364. The van der Waals surface area contributed by atoms with Crippen LogP contribution in [0.2, 0.25) is 0 Å². The topological polar surface area (TPSA) is 41.6 Å². The van der Waals surface area contributed by atoms with E-state index in [2.05, 4.69) is 81.0 Å². The molecule has 4 aromatic rings. The summed E-state index contributed by atoms with van der Waals surface area (Å²) in [5.41, 5.74) is 7.89. The first-order valence-electron chi connectivity index (χ1n) is 9.05. The largest absolute Gasteiger partial charge is 0.342 e. The predicted molar refractivity (Wildman–Crippen MR) is 111 cm³/mol. The number of benzene rings is 2. The van der Waals surface area contributed by atoms with E-state index >= 15 is 0 Å². The Morgan fingerprint density at radius 1 is 0.923 bits per heavy atom. The molecule has 26 heavy (non-hydrogen) atoms. The Labute approximate surface area is 158 Å². The molecule has 0 unspecified atom stereocenters. The van der Waals surface area contributed by atoms with Crippen LogP contribution in [0.4, 0.5) is 0 Å². The zero-order valence-electron chi connectivity index (χ0n) is 16.1. The van der Waals surface area contributed by atoms with Gasteiger partial charge in [-0.15, -0.1) is 11.3 Å². The van der Waals surface area contributed by atoms with Gasteiger partial charge in [0.2, 0.25) is 0 Å². The second-order valence-corrected chi connectivity index (χ2v) is 9.65. The minimum atomic E-state index is -0.0153. The molecule has 0 radical (unpaired) electrons. The van der Waals surface area contributed by atoms with Crippen LogP contribution in [0.25, 0.3) is 21.3 Å². The number of rotatable bonds is 3. The predicted octanol–water partition coefficient (Wildman–Crippen LogP) is 5.99. The van der Waals surface area contributed by atoms with Crippen LogP contribution >= 0.6 is 11.3 Å². The third-order valence-corrected chi connectivity index (χ3v) is 5.93. The minimum absolute atomic E-state index is 0.0153. The molecule has 0 saturated carbocycles. The Morgan fingerprint density at radius 2 is 1.65 bits per heavy atom. The third-order valence-electron chi connectivity index (χ3n) is 5.12. The minimum Gasteiger partial charge on any atom is -0.342 e. The van der Waals surface area contributed by atoms with Gasteiger partial charge >= 0.3 is 0 Å². The number of aromatic nitrogens is 3. The van der Waals surface area contributed by atoms with Gasteiger partial charge in [0, 0.05) is 6.42 Å². The van der Waals surface area contributed by atoms with E-state index in [0.717, 1.165) is 28.8 Å². The molecule has 0 spiro atoms. The van der Waals surface area contributed by atoms with E-state index in [1.807, 2.05) is 5.51 Å². The van der Waals surface area contributed by atoms with Gasteiger partial charge < -0.3 is 4.98 Å². The second kappa shape index (κ2) is 5.92. The molecule has 4 rings (SSSR count). The van der Waals surface area contributed by atoms with Crippen molar-refractivity contribution in [3.8, 4) is 0 Å². The summed E-state index contributed by atoms with van der Waals surface area (Å²) in [7, 11) is 0. The standard InChI is InChI=1S/C22H25N3S/c1-21(2,3)14-6-8-16-17(10-14)25-20(24-16)12-22(4,5)15-7-9-19-18(11-15)23-13-26-19/h6-11,13H,12H2,1-5H3,(H,24,25). The van der Waals surface area contributed by atoms with E-state index in [-0.39, 0.29) is 10.8 Å². The van der Waals surface area contributed by atoms with Crippen LogP contribution in [-0.2, 0) is 17.3 Å². The Hall–Kier alpha value is -2.20. The molecule has 2 aromatic carbocycles. The molecule has 0 amide bonds. The van der Waals surface area contributed by atoms with Crippen molar-refractivity contribution >= 4 is 32.6 Å². The van der Waals surface area contributed by atoms with Crippen molar-refractivity contribution in [3.05, 3.63) is 58.9 Å². The molecule has 0 aliphatic heterocycles. The lowest BCUT2D eigenvalue weighted by molar-refractivity contribution is 0.510. The number of H-pyrrole nitrogens is 1. The van der Waals surface area contributed by atoms with Crippen LogP contribution < -0.4 is 0 Å². The fourth-order valence-corrected chi connectivity index (χ4v) is 4.07. The maximum Gasteiger partial charge on any atom is 0.108 e. The maximum atomic E-state index is 4.88. The number of nitrogens with one attached hydrogen (secondary N) is 1. The van der Waals surface area contributed by atoms with E-state index in [1.165, 1.54) is 15.8 Å². The highest BCUT2D eigenvalue weighted by Crippen LogP contribution is 2.31. The zero-order valence-corrected chi connectivity index (χ0v) is 16.9. The van der Waals surface area contributed by atoms with Crippen LogP contribution in [0.1, 0.15) is 51.6 Å². The first-order valence-corrected chi connectivity index (χ1v) is 9.93. The van der Waals surface area contributed by atoms with Crippen molar-refractivity contribution in [2.45, 2.75) is 51.9 Å². The lowest BCUT2D eigenvalue weighted by Gasteiger charge is -2.24. The van der Waals surface area contributed by atoms with E-state index in [9.17, 15) is 0 Å². The van der Waals surface area contributed by atoms with Crippen molar-refractivity contribution in [2.75, 3.05) is 0 Å². The van der Waals surface area contributed by atoms with Crippen molar-refractivity contribution in [1.82, 2.24) is 15.0 Å². The van der Waals surface area contributed by atoms with E-state index in [0.29, 0.717) is 0 Å². The molecule has 0 aliphatic rings. The van der Waals surface area contributed by atoms with Gasteiger partial charge in [0.1, 0.15) is 5.82 Å². The van der Waals surface area contributed by atoms with Crippen LogP contribution in [0.5, 0.6) is 0 Å². The van der Waals surface area contributed by atoms with E-state index in [4.69, 9.17) is 4.98 Å². The van der Waals surface area contributed by atoms with Gasteiger partial charge in [-0.05, 0) is 46.2 Å². The highest BCUT2D eigenvalue weighted by Gasteiger charge is 2.24. The van der Waals surface area contributed by atoms with Crippen LogP contribution in [0.15, 0.2) is 41.9 Å². The van der Waals surface area contributed by atoms with Gasteiger partial charge in [-0.1, -0.05) is 46.8 Å². The van der Waals surface area contributed by atoms with Crippen molar-refractivity contribution in [1.29, 1.82) is 0 Å². The smallest absolute Gasteiger partial charge is 0.108 e. The second-order valence-electron chi connectivity index (χ2n) is 8.76. The Morgan fingerprint density at radius 3 is 2.42 bits per heavy atom. The van der Waals surface area contributed by atoms with Gasteiger partial charge in [0.05, 0.1) is 26.8 Å². The summed E-state index contributed by atoms with van der Waals surface area (Å²) in [6.45, 7) is 11.3. The highest BCUT2D eigenvalue weighted by atomic mass is 32.1. The van der Waals surface area contributed by atoms with Crippen molar-refractivity contribution in [2.24, 2.45) is 0 Å². The highest BCUT2D eigenvalue weighted by molar-refractivity contribution is 7.16. The summed E-state index contributed by atoms with van der Waals surface area (Å²) >= 11 is 1.69. The molecule has 0 atom stereocenters. The van der Waals surface area contributed by atoms with E-state index < -0.39 is 0 Å². The molecule has 0 aliphatic carbocycles. The SMILES string of the molecule is CC(C)(C)c1ccc2[nH]c(CC(C)(C)c3ccc4scnc4c3)nc2c1. The number of aromatic amines is 1. The molecule has 0 saturated heterocycles. The summed E-state index contributed by atoms with van der Waals surface area (Å²) in [6, 6.07) is 13.2. The van der Waals surface area contributed by atoms with Gasteiger partial charge in [-0.2, -0.15) is 0 Å². The number of hydrogen-bond acceptors (Lipinski definition) is 3. The molecule has 3 nitrogen and oxygen atoms in total. The Kier molecular flexibility index (Phi) is 3.92. The van der Waals surface area contributed by atoms with E-state index in [1.54, 1.807) is 11.3 Å². The molecule has 4 heteroatoms. The van der Waals surface area contributed by atoms with Crippen molar-refractivity contribution in [3.63, 3.8) is 0 Å². The average Bonchev–Trinajstić information content (AvgIpc) is 3.17. The summed E-state index contributed by atoms with van der Waals surface area (Å²) in [4.78, 5) is 12.9. The lowest BCUT2D eigenvalue weighted by atomic mass is 9.81. The number of nitrogens with zero attached hydrogens (tertiary/aromatic N) is 2. The molecular weight excluding hydrogens is 338 g/mol. The maximum absolute atomic E-state index is 4.88. The third kappa shape index (κ3) is 3.14. The van der Waals surface area contributed by atoms with Crippen LogP contribution in [0, 0.1) is 0 Å². The van der Waals surface area contributed by atoms with Crippen LogP contribution in [0.3, 0.4) is 0 Å². The Bertz CT molecular complexity index is 1080. The van der Waals surface area contributed by atoms with Gasteiger partial charge in [-0.3, -0.25) is 0 Å². The molecule has 1 N–H and O–H groups in total. The summed E-state index contributed by atoms with van der Waals surface area (Å²) in [5, 5.41) is 0. The number of thiazole rings is 1. The first-order chi connectivity index (χ1) is 12.2. The normalized spacial score (nSPS) is 13.0. The number of fused-ring (bicyclic) bond motifs is 2. The lowest BCUT2D eigenvalue weighted by Crippen LogP contribution is -2.21. The molecule has 134 valence electrons. The first kappa shape index (κ1) is 17.2. The zero-order chi connectivity index (χ0) is 18.5. The number of hydrogen-bond donors (Lipinski definition) is 1. The summed E-state index contributed by atoms with van der Waals surface area (Å²) in [6.07, 6.45) is 0.863. The molecule has 2 heterocycles. The quantitative estimate of drug-likeness (QED) is 0.486. The summed E-state index contributed by atoms with van der Waals surface area (Å²) < 4.78 is 1.24. The van der Waals surface area contributed by atoms with Gasteiger partial charge in [-0.25, -0.2) is 9.97 Å². The Balaban J connectivity index is 1.66. The molecular formula is C22H25N3S. The fourth-order valence-electron chi connectivity index (χ4n) is 3.41. The van der Waals surface area contributed by atoms with Crippen LogP contribution in [-0.4, -0.2) is 15.0 Å². The summed E-state index contributed by atoms with van der Waals surface area (Å²) in [5.74, 6) is 1.04. The van der Waals surface area contributed by atoms with Gasteiger partial charge in [0.25, 0.3) is 0 Å². The van der Waals surface area contributed by atoms with Crippen molar-refractivity contribution < 1.29 is 0 Å². The van der Waals surface area contributed by atoms with Gasteiger partial charge in [0.15, 0.2) is 0 Å². The number of imidazole rings is 1. The molecule has 2 aromatic heterocycles. The monoisotopic (exact) mass is 363 g/mol. The average molecular weight is 364 g/mol.